The van der Waals surface area contributed by atoms with Gasteiger partial charge in [0.05, 0.1) is 24.7 Å². The number of rotatable bonds is 7. The Morgan fingerprint density at radius 3 is 2.95 bits per heavy atom. The molecule has 3 heterocycles. The molecule has 0 saturated carbocycles. The van der Waals surface area contributed by atoms with Gasteiger partial charge in [-0.3, -0.25) is 4.90 Å². The quantitative estimate of drug-likeness (QED) is 0.439. The Bertz CT molecular complexity index is 480. The van der Waals surface area contributed by atoms with Gasteiger partial charge in [-0.25, -0.2) is 4.98 Å². The SMILES string of the molecule is C[Si](C)(C)CCOCn1cnc2c1CCN(CC1CO1)C2. The van der Waals surface area contributed by atoms with E-state index in [1.807, 2.05) is 6.33 Å². The highest BCUT2D eigenvalue weighted by Crippen LogP contribution is 2.20. The minimum Gasteiger partial charge on any atom is -0.372 e. The highest BCUT2D eigenvalue weighted by molar-refractivity contribution is 6.76. The van der Waals surface area contributed by atoms with E-state index >= 15 is 0 Å². The molecule has 0 aromatic carbocycles. The lowest BCUT2D eigenvalue weighted by Crippen LogP contribution is -2.34. The average Bonchev–Trinajstić information content (AvgIpc) is 3.13. The van der Waals surface area contributed by atoms with Crippen molar-refractivity contribution >= 4 is 8.07 Å². The Morgan fingerprint density at radius 2 is 2.24 bits per heavy atom. The van der Waals surface area contributed by atoms with Gasteiger partial charge in [0.25, 0.3) is 0 Å². The van der Waals surface area contributed by atoms with Crippen LogP contribution in [-0.2, 0) is 29.2 Å². The molecule has 0 spiro atoms. The first kappa shape index (κ1) is 15.2. The molecule has 6 heteroatoms. The number of imidazole rings is 1. The number of epoxide rings is 1. The van der Waals surface area contributed by atoms with Gasteiger partial charge in [-0.15, -0.1) is 0 Å². The fraction of sp³-hybridized carbons (Fsp3) is 0.800. The third-order valence-electron chi connectivity index (χ3n) is 4.16. The zero-order valence-corrected chi connectivity index (χ0v) is 14.5. The van der Waals surface area contributed by atoms with E-state index < -0.39 is 8.07 Å². The van der Waals surface area contributed by atoms with Gasteiger partial charge in [0.1, 0.15) is 6.73 Å². The van der Waals surface area contributed by atoms with Crippen LogP contribution in [0.25, 0.3) is 0 Å². The molecule has 1 fully saturated rings. The van der Waals surface area contributed by atoms with E-state index in [2.05, 4.69) is 34.1 Å². The van der Waals surface area contributed by atoms with Gasteiger partial charge in [0, 0.05) is 46.4 Å². The van der Waals surface area contributed by atoms with Gasteiger partial charge in [-0.1, -0.05) is 19.6 Å². The molecule has 21 heavy (non-hydrogen) atoms. The first-order valence-corrected chi connectivity index (χ1v) is 11.7. The van der Waals surface area contributed by atoms with Crippen molar-refractivity contribution in [1.29, 1.82) is 0 Å². The molecule has 1 saturated heterocycles. The van der Waals surface area contributed by atoms with Crippen LogP contribution in [0, 0.1) is 0 Å². The molecule has 118 valence electrons. The Morgan fingerprint density at radius 1 is 1.43 bits per heavy atom. The maximum absolute atomic E-state index is 5.85. The molecule has 0 aliphatic carbocycles. The Kier molecular flexibility index (Phi) is 4.49. The molecule has 2 aliphatic rings. The van der Waals surface area contributed by atoms with Crippen LogP contribution >= 0.6 is 0 Å². The highest BCUT2D eigenvalue weighted by Gasteiger charge is 2.28. The zero-order valence-electron chi connectivity index (χ0n) is 13.5. The van der Waals surface area contributed by atoms with Crippen molar-refractivity contribution < 1.29 is 9.47 Å². The summed E-state index contributed by atoms with van der Waals surface area (Å²) in [6.45, 7) is 12.7. The lowest BCUT2D eigenvalue weighted by atomic mass is 10.1. The number of ether oxygens (including phenoxy) is 2. The largest absolute Gasteiger partial charge is 0.372 e. The number of aromatic nitrogens is 2. The van der Waals surface area contributed by atoms with Gasteiger partial charge in [0.2, 0.25) is 0 Å². The summed E-state index contributed by atoms with van der Waals surface area (Å²) in [5.74, 6) is 0. The predicted octanol–water partition coefficient (Wildman–Crippen LogP) is 1.95. The van der Waals surface area contributed by atoms with E-state index in [-0.39, 0.29) is 0 Å². The molecule has 0 radical (unpaired) electrons. The molecule has 1 unspecified atom stereocenters. The van der Waals surface area contributed by atoms with Crippen molar-refractivity contribution in [2.24, 2.45) is 0 Å². The zero-order chi connectivity index (χ0) is 14.9. The fourth-order valence-corrected chi connectivity index (χ4v) is 3.45. The molecule has 0 bridgehead atoms. The number of nitrogens with zero attached hydrogens (tertiary/aromatic N) is 3. The lowest BCUT2D eigenvalue weighted by molar-refractivity contribution is 0.0841. The first-order chi connectivity index (χ1) is 10.0. The third kappa shape index (κ3) is 4.39. The summed E-state index contributed by atoms with van der Waals surface area (Å²) in [6, 6.07) is 1.22. The highest BCUT2D eigenvalue weighted by atomic mass is 28.3. The van der Waals surface area contributed by atoms with Crippen molar-refractivity contribution in [3.8, 4) is 0 Å². The van der Waals surface area contributed by atoms with Gasteiger partial charge in [-0.2, -0.15) is 0 Å². The molecule has 1 aromatic heterocycles. The normalized spacial score (nSPS) is 22.3. The first-order valence-electron chi connectivity index (χ1n) is 7.96. The second-order valence-corrected chi connectivity index (χ2v) is 13.0. The molecule has 0 N–H and O–H groups in total. The minimum atomic E-state index is -0.995. The summed E-state index contributed by atoms with van der Waals surface area (Å²) in [5.41, 5.74) is 2.58. The summed E-state index contributed by atoms with van der Waals surface area (Å²) in [7, 11) is -0.995. The number of hydrogen-bond donors (Lipinski definition) is 0. The second kappa shape index (κ2) is 6.20. The minimum absolute atomic E-state index is 0.471. The van der Waals surface area contributed by atoms with Crippen molar-refractivity contribution in [2.45, 2.75) is 51.5 Å². The van der Waals surface area contributed by atoms with Crippen molar-refractivity contribution in [3.63, 3.8) is 0 Å². The Hall–Kier alpha value is -0.693. The monoisotopic (exact) mass is 309 g/mol. The van der Waals surface area contributed by atoms with E-state index in [0.717, 1.165) is 39.3 Å². The summed E-state index contributed by atoms with van der Waals surface area (Å²) in [5, 5.41) is 0. The molecular weight excluding hydrogens is 282 g/mol. The van der Waals surface area contributed by atoms with Gasteiger partial charge < -0.3 is 14.0 Å². The summed E-state index contributed by atoms with van der Waals surface area (Å²) < 4.78 is 13.3. The van der Waals surface area contributed by atoms with Crippen LogP contribution in [0.3, 0.4) is 0 Å². The van der Waals surface area contributed by atoms with Crippen molar-refractivity contribution in [1.82, 2.24) is 14.5 Å². The van der Waals surface area contributed by atoms with Crippen molar-refractivity contribution in [2.75, 3.05) is 26.3 Å². The fourth-order valence-electron chi connectivity index (χ4n) is 2.69. The number of fused-ring (bicyclic) bond motifs is 1. The molecular formula is C15H27N3O2Si. The molecule has 1 aromatic rings. The summed E-state index contributed by atoms with van der Waals surface area (Å²) >= 11 is 0. The summed E-state index contributed by atoms with van der Waals surface area (Å²) in [4.78, 5) is 7.02. The summed E-state index contributed by atoms with van der Waals surface area (Å²) in [6.07, 6.45) is 3.48. The predicted molar refractivity (Wildman–Crippen MR) is 85.1 cm³/mol. The van der Waals surface area contributed by atoms with Crippen LogP contribution in [0.5, 0.6) is 0 Å². The van der Waals surface area contributed by atoms with Gasteiger partial charge >= 0.3 is 0 Å². The third-order valence-corrected chi connectivity index (χ3v) is 5.87. The molecule has 0 amide bonds. The van der Waals surface area contributed by atoms with Crippen LogP contribution in [0.2, 0.25) is 25.7 Å². The van der Waals surface area contributed by atoms with E-state index in [1.165, 1.54) is 17.4 Å². The maximum Gasteiger partial charge on any atom is 0.124 e. The standard InChI is InChI=1S/C15H27N3O2Si/c1-21(2,3)7-6-19-12-18-11-16-14-9-17(5-4-15(14)18)8-13-10-20-13/h11,13H,4-10,12H2,1-3H3. The van der Waals surface area contributed by atoms with Crippen LogP contribution < -0.4 is 0 Å². The molecule has 2 aliphatic heterocycles. The van der Waals surface area contributed by atoms with E-state index in [0.29, 0.717) is 12.8 Å². The Balaban J connectivity index is 1.48. The molecule has 5 nitrogen and oxygen atoms in total. The lowest BCUT2D eigenvalue weighted by Gasteiger charge is -2.26. The smallest absolute Gasteiger partial charge is 0.124 e. The van der Waals surface area contributed by atoms with Gasteiger partial charge in [0.15, 0.2) is 0 Å². The van der Waals surface area contributed by atoms with Gasteiger partial charge in [-0.05, 0) is 6.04 Å². The van der Waals surface area contributed by atoms with Crippen LogP contribution in [-0.4, -0.2) is 54.9 Å². The van der Waals surface area contributed by atoms with Crippen molar-refractivity contribution in [3.05, 3.63) is 17.7 Å². The average molecular weight is 309 g/mol. The molecule has 3 rings (SSSR count). The van der Waals surface area contributed by atoms with Crippen LogP contribution in [0.15, 0.2) is 6.33 Å². The number of hydrogen-bond acceptors (Lipinski definition) is 4. The Labute approximate surface area is 128 Å². The van der Waals surface area contributed by atoms with E-state index in [9.17, 15) is 0 Å². The topological polar surface area (TPSA) is 42.8 Å². The maximum atomic E-state index is 5.85. The van der Waals surface area contributed by atoms with E-state index in [4.69, 9.17) is 9.47 Å². The van der Waals surface area contributed by atoms with E-state index in [1.54, 1.807) is 0 Å². The molecule has 1 atom stereocenters. The van der Waals surface area contributed by atoms with Crippen LogP contribution in [0.4, 0.5) is 0 Å². The second-order valence-electron chi connectivity index (χ2n) is 7.40. The van der Waals surface area contributed by atoms with Crippen LogP contribution in [0.1, 0.15) is 11.4 Å².